The Bertz CT molecular complexity index is 712. The van der Waals surface area contributed by atoms with Crippen LogP contribution in [0.5, 0.6) is 0 Å². The van der Waals surface area contributed by atoms with Gasteiger partial charge in [-0.1, -0.05) is 12.1 Å². The fourth-order valence-corrected chi connectivity index (χ4v) is 3.15. The molecule has 0 radical (unpaired) electrons. The number of benzene rings is 1. The van der Waals surface area contributed by atoms with Crippen molar-refractivity contribution in [2.45, 2.75) is 12.0 Å². The van der Waals surface area contributed by atoms with Crippen molar-refractivity contribution in [2.75, 3.05) is 33.7 Å². The van der Waals surface area contributed by atoms with Crippen molar-refractivity contribution in [1.29, 1.82) is 0 Å². The summed E-state index contributed by atoms with van der Waals surface area (Å²) in [6.07, 6.45) is 0.547. The maximum Gasteiger partial charge on any atom is 0.270 e. The van der Waals surface area contributed by atoms with Gasteiger partial charge >= 0.3 is 0 Å². The first-order chi connectivity index (χ1) is 10.4. The van der Waals surface area contributed by atoms with E-state index in [1.165, 1.54) is 6.07 Å². The van der Waals surface area contributed by atoms with Gasteiger partial charge in [-0.25, -0.2) is 4.39 Å². The molecule has 0 bridgehead atoms. The second kappa shape index (κ2) is 5.37. The number of likely N-dealkylation sites (N-methyl/N-ethyl adjacent to an activating group) is 1. The molecule has 3 rings (SSSR count). The minimum atomic E-state index is -0.879. The van der Waals surface area contributed by atoms with Gasteiger partial charge in [-0.2, -0.15) is 0 Å². The van der Waals surface area contributed by atoms with Crippen LogP contribution in [0.1, 0.15) is 16.9 Å². The van der Waals surface area contributed by atoms with Crippen LogP contribution in [0.15, 0.2) is 24.3 Å². The largest absolute Gasteiger partial charge is 0.387 e. The fourth-order valence-electron chi connectivity index (χ4n) is 3.15. The highest BCUT2D eigenvalue weighted by Gasteiger charge is 2.39. The number of nitrogens with zero attached hydrogens (tertiary/aromatic N) is 2. The monoisotopic (exact) mass is 305 g/mol. The number of aliphatic hydroxyl groups is 1. The van der Waals surface area contributed by atoms with E-state index in [9.17, 15) is 14.3 Å². The highest BCUT2D eigenvalue weighted by Crippen LogP contribution is 2.25. The first-order valence-electron chi connectivity index (χ1n) is 7.32. The number of carbonyl (C=O) groups is 1. The van der Waals surface area contributed by atoms with Crippen LogP contribution in [0.3, 0.4) is 0 Å². The number of H-pyrrole nitrogens is 1. The Morgan fingerprint density at radius 1 is 1.50 bits per heavy atom. The maximum atomic E-state index is 13.7. The molecule has 2 N–H and O–H groups in total. The van der Waals surface area contributed by atoms with Crippen molar-refractivity contribution >= 4 is 16.8 Å². The Labute approximate surface area is 128 Å². The number of hydrogen-bond acceptors (Lipinski definition) is 3. The molecule has 1 amide bonds. The molecule has 1 aliphatic heterocycles. The molecule has 1 aromatic heterocycles. The number of para-hydroxylation sites is 1. The van der Waals surface area contributed by atoms with E-state index in [1.807, 2.05) is 19.0 Å². The SMILES string of the molecule is CN(C)CC1(O)CCN(C(=O)c2cc3cccc(F)c3[nH]2)C1. The molecule has 0 saturated carbocycles. The Hall–Kier alpha value is -1.92. The number of halogens is 1. The predicted molar refractivity (Wildman–Crippen MR) is 82.3 cm³/mol. The lowest BCUT2D eigenvalue weighted by Gasteiger charge is -2.26. The van der Waals surface area contributed by atoms with Crippen LogP contribution >= 0.6 is 0 Å². The highest BCUT2D eigenvalue weighted by molar-refractivity contribution is 5.98. The molecule has 1 aliphatic rings. The van der Waals surface area contributed by atoms with E-state index in [4.69, 9.17) is 0 Å². The first kappa shape index (κ1) is 15.0. The van der Waals surface area contributed by atoms with Crippen LogP contribution < -0.4 is 0 Å². The molecular weight excluding hydrogens is 285 g/mol. The lowest BCUT2D eigenvalue weighted by Crippen LogP contribution is -2.43. The van der Waals surface area contributed by atoms with Crippen LogP contribution in [-0.4, -0.2) is 65.1 Å². The van der Waals surface area contributed by atoms with Gasteiger partial charge in [-0.3, -0.25) is 4.79 Å². The van der Waals surface area contributed by atoms with Crippen LogP contribution in [0.4, 0.5) is 4.39 Å². The van der Waals surface area contributed by atoms with Gasteiger partial charge in [0.1, 0.15) is 11.5 Å². The Morgan fingerprint density at radius 2 is 2.27 bits per heavy atom. The summed E-state index contributed by atoms with van der Waals surface area (Å²) >= 11 is 0. The molecular formula is C16H20FN3O2. The van der Waals surface area contributed by atoms with Crippen LogP contribution in [0, 0.1) is 5.82 Å². The van der Waals surface area contributed by atoms with Crippen LogP contribution in [0.25, 0.3) is 10.9 Å². The van der Waals surface area contributed by atoms with Crippen molar-refractivity contribution in [2.24, 2.45) is 0 Å². The fraction of sp³-hybridized carbons (Fsp3) is 0.438. The number of aromatic amines is 1. The Kier molecular flexibility index (Phi) is 3.66. The van der Waals surface area contributed by atoms with Gasteiger partial charge in [0.05, 0.1) is 17.7 Å². The summed E-state index contributed by atoms with van der Waals surface area (Å²) in [5, 5.41) is 11.2. The number of hydrogen-bond donors (Lipinski definition) is 2. The molecule has 1 fully saturated rings. The molecule has 6 heteroatoms. The number of amides is 1. The van der Waals surface area contributed by atoms with Crippen LogP contribution in [0.2, 0.25) is 0 Å². The number of carbonyl (C=O) groups excluding carboxylic acids is 1. The molecule has 22 heavy (non-hydrogen) atoms. The molecule has 1 atom stereocenters. The third-order valence-electron chi connectivity index (χ3n) is 4.07. The summed E-state index contributed by atoms with van der Waals surface area (Å²) in [6.45, 7) is 1.31. The summed E-state index contributed by atoms with van der Waals surface area (Å²) in [6, 6.07) is 6.40. The van der Waals surface area contributed by atoms with Crippen molar-refractivity contribution < 1.29 is 14.3 Å². The van der Waals surface area contributed by atoms with Gasteiger partial charge in [-0.05, 0) is 32.6 Å². The molecule has 2 aromatic rings. The number of aromatic nitrogens is 1. The minimum Gasteiger partial charge on any atom is -0.387 e. The quantitative estimate of drug-likeness (QED) is 0.902. The van der Waals surface area contributed by atoms with E-state index < -0.39 is 5.60 Å². The zero-order valence-corrected chi connectivity index (χ0v) is 12.8. The molecule has 1 saturated heterocycles. The van der Waals surface area contributed by atoms with Gasteiger partial charge in [0, 0.05) is 18.5 Å². The molecule has 2 heterocycles. The third-order valence-corrected chi connectivity index (χ3v) is 4.07. The van der Waals surface area contributed by atoms with E-state index in [-0.39, 0.29) is 11.7 Å². The number of likely N-dealkylation sites (tertiary alicyclic amines) is 1. The van der Waals surface area contributed by atoms with Crippen molar-refractivity contribution in [3.8, 4) is 0 Å². The highest BCUT2D eigenvalue weighted by atomic mass is 19.1. The van der Waals surface area contributed by atoms with Gasteiger partial charge in [-0.15, -0.1) is 0 Å². The molecule has 1 aromatic carbocycles. The topological polar surface area (TPSA) is 59.6 Å². The van der Waals surface area contributed by atoms with E-state index in [0.29, 0.717) is 42.7 Å². The number of fused-ring (bicyclic) bond motifs is 1. The van der Waals surface area contributed by atoms with Crippen LogP contribution in [-0.2, 0) is 0 Å². The third kappa shape index (κ3) is 2.71. The second-order valence-corrected chi connectivity index (χ2v) is 6.33. The zero-order valence-electron chi connectivity index (χ0n) is 12.8. The van der Waals surface area contributed by atoms with Crippen molar-refractivity contribution in [3.63, 3.8) is 0 Å². The van der Waals surface area contributed by atoms with Crippen molar-refractivity contribution in [3.05, 3.63) is 35.8 Å². The Morgan fingerprint density at radius 3 is 2.95 bits per heavy atom. The van der Waals surface area contributed by atoms with Gasteiger partial charge in [0.25, 0.3) is 5.91 Å². The van der Waals surface area contributed by atoms with E-state index in [0.717, 1.165) is 0 Å². The van der Waals surface area contributed by atoms with E-state index in [2.05, 4.69) is 4.98 Å². The number of rotatable bonds is 3. The smallest absolute Gasteiger partial charge is 0.270 e. The normalized spacial score (nSPS) is 22.0. The van der Waals surface area contributed by atoms with Gasteiger partial charge < -0.3 is 19.9 Å². The van der Waals surface area contributed by atoms with Gasteiger partial charge in [0.2, 0.25) is 0 Å². The van der Waals surface area contributed by atoms with E-state index in [1.54, 1.807) is 23.1 Å². The standard InChI is InChI=1S/C16H20FN3O2/c1-19(2)9-16(22)6-7-20(10-16)15(21)13-8-11-4-3-5-12(17)14(11)18-13/h3-5,8,18,22H,6-7,9-10H2,1-2H3. The minimum absolute atomic E-state index is 0.203. The second-order valence-electron chi connectivity index (χ2n) is 6.33. The maximum absolute atomic E-state index is 13.7. The molecule has 0 spiro atoms. The average Bonchev–Trinajstić information content (AvgIpc) is 3.02. The lowest BCUT2D eigenvalue weighted by molar-refractivity contribution is 0.0235. The average molecular weight is 305 g/mol. The van der Waals surface area contributed by atoms with Crippen molar-refractivity contribution in [1.82, 2.24) is 14.8 Å². The first-order valence-corrected chi connectivity index (χ1v) is 7.32. The van der Waals surface area contributed by atoms with Gasteiger partial charge in [0.15, 0.2) is 0 Å². The molecule has 1 unspecified atom stereocenters. The Balaban J connectivity index is 1.80. The number of β-amino-alcohol motifs (C(OH)–C–C–N with tert-alkyl or cyclic N) is 1. The predicted octanol–water partition coefficient (Wildman–Crippen LogP) is 1.45. The summed E-state index contributed by atoms with van der Waals surface area (Å²) in [5.41, 5.74) is -0.182. The zero-order chi connectivity index (χ0) is 15.9. The summed E-state index contributed by atoms with van der Waals surface area (Å²) < 4.78 is 13.7. The molecule has 5 nitrogen and oxygen atoms in total. The summed E-state index contributed by atoms with van der Waals surface area (Å²) in [7, 11) is 3.78. The number of nitrogens with one attached hydrogen (secondary N) is 1. The summed E-state index contributed by atoms with van der Waals surface area (Å²) in [5.74, 6) is -0.577. The summed E-state index contributed by atoms with van der Waals surface area (Å²) in [4.78, 5) is 18.9. The lowest BCUT2D eigenvalue weighted by atomic mass is 10.0. The molecule has 0 aliphatic carbocycles. The molecule has 118 valence electrons. The van der Waals surface area contributed by atoms with E-state index >= 15 is 0 Å².